The van der Waals surface area contributed by atoms with E-state index in [-0.39, 0.29) is 19.4 Å². The number of alkyl halides is 3. The first-order valence-corrected chi connectivity index (χ1v) is 6.58. The standard InChI is InChI=1S/C13H17F3N2O2/c14-13(15,16)9-3-1-4-10(7-9)18-12(19)17-8-11-5-2-6-20-11/h2,5-6,9-10H,1,3-4,7-8H2,(H2,17,18,19)/t9-,10+/m1/s1. The fourth-order valence-electron chi connectivity index (χ4n) is 2.44. The van der Waals surface area contributed by atoms with Crippen LogP contribution in [0.3, 0.4) is 0 Å². The van der Waals surface area contributed by atoms with E-state index in [1.54, 1.807) is 12.1 Å². The number of hydrogen-bond donors (Lipinski definition) is 2. The molecule has 1 aliphatic carbocycles. The van der Waals surface area contributed by atoms with Gasteiger partial charge in [0.15, 0.2) is 0 Å². The fraction of sp³-hybridized carbons (Fsp3) is 0.615. The van der Waals surface area contributed by atoms with Gasteiger partial charge in [-0.15, -0.1) is 0 Å². The highest BCUT2D eigenvalue weighted by Gasteiger charge is 2.42. The lowest BCUT2D eigenvalue weighted by atomic mass is 9.85. The molecule has 112 valence electrons. The molecule has 2 rings (SSSR count). The van der Waals surface area contributed by atoms with Gasteiger partial charge in [-0.1, -0.05) is 6.42 Å². The van der Waals surface area contributed by atoms with Gasteiger partial charge in [-0.2, -0.15) is 13.2 Å². The summed E-state index contributed by atoms with van der Waals surface area (Å²) in [5.41, 5.74) is 0. The van der Waals surface area contributed by atoms with Crippen molar-refractivity contribution in [2.24, 2.45) is 5.92 Å². The van der Waals surface area contributed by atoms with E-state index in [0.29, 0.717) is 18.6 Å². The molecule has 4 nitrogen and oxygen atoms in total. The Morgan fingerprint density at radius 1 is 1.40 bits per heavy atom. The van der Waals surface area contributed by atoms with Gasteiger partial charge >= 0.3 is 12.2 Å². The number of carbonyl (C=O) groups is 1. The first-order chi connectivity index (χ1) is 9.45. The Bertz CT molecular complexity index is 431. The van der Waals surface area contributed by atoms with Gasteiger partial charge in [0.25, 0.3) is 0 Å². The maximum Gasteiger partial charge on any atom is 0.391 e. The molecule has 1 heterocycles. The predicted molar refractivity (Wildman–Crippen MR) is 65.9 cm³/mol. The first-order valence-electron chi connectivity index (χ1n) is 6.58. The number of urea groups is 1. The van der Waals surface area contributed by atoms with Gasteiger partial charge in [0, 0.05) is 6.04 Å². The molecule has 1 aliphatic rings. The Hall–Kier alpha value is -1.66. The van der Waals surface area contributed by atoms with E-state index in [1.807, 2.05) is 0 Å². The number of carbonyl (C=O) groups excluding carboxylic acids is 1. The van der Waals surface area contributed by atoms with Gasteiger partial charge in [-0.25, -0.2) is 4.79 Å². The molecular weight excluding hydrogens is 273 g/mol. The summed E-state index contributed by atoms with van der Waals surface area (Å²) in [4.78, 5) is 11.6. The molecule has 1 aromatic rings. The van der Waals surface area contributed by atoms with Crippen LogP contribution in [0.1, 0.15) is 31.4 Å². The van der Waals surface area contributed by atoms with Crippen molar-refractivity contribution in [3.8, 4) is 0 Å². The van der Waals surface area contributed by atoms with Crippen molar-refractivity contribution in [2.75, 3.05) is 0 Å². The average Bonchev–Trinajstić information content (AvgIpc) is 2.89. The molecule has 1 aromatic heterocycles. The molecule has 0 radical (unpaired) electrons. The van der Waals surface area contributed by atoms with Crippen LogP contribution in [0.2, 0.25) is 0 Å². The van der Waals surface area contributed by atoms with Gasteiger partial charge in [-0.3, -0.25) is 0 Å². The van der Waals surface area contributed by atoms with Crippen molar-refractivity contribution in [3.63, 3.8) is 0 Å². The van der Waals surface area contributed by atoms with E-state index in [0.717, 1.165) is 0 Å². The number of hydrogen-bond acceptors (Lipinski definition) is 2. The van der Waals surface area contributed by atoms with Crippen LogP contribution in [0, 0.1) is 5.92 Å². The van der Waals surface area contributed by atoms with Gasteiger partial charge in [0.2, 0.25) is 0 Å². The summed E-state index contributed by atoms with van der Waals surface area (Å²) in [5.74, 6) is -0.719. The zero-order valence-corrected chi connectivity index (χ0v) is 10.9. The highest BCUT2D eigenvalue weighted by Crippen LogP contribution is 2.37. The van der Waals surface area contributed by atoms with E-state index in [4.69, 9.17) is 4.42 Å². The molecule has 0 unspecified atom stereocenters. The van der Waals surface area contributed by atoms with Crippen LogP contribution in [0.5, 0.6) is 0 Å². The molecule has 0 saturated heterocycles. The van der Waals surface area contributed by atoms with Gasteiger partial charge in [-0.05, 0) is 31.4 Å². The van der Waals surface area contributed by atoms with Crippen molar-refractivity contribution in [1.82, 2.24) is 10.6 Å². The molecule has 0 aromatic carbocycles. The molecule has 2 atom stereocenters. The van der Waals surface area contributed by atoms with Crippen molar-refractivity contribution in [2.45, 2.75) is 44.4 Å². The highest BCUT2D eigenvalue weighted by molar-refractivity contribution is 5.74. The molecular formula is C13H17F3N2O2. The third kappa shape index (κ3) is 4.18. The molecule has 7 heteroatoms. The summed E-state index contributed by atoms with van der Waals surface area (Å²) in [7, 11) is 0. The van der Waals surface area contributed by atoms with E-state index in [9.17, 15) is 18.0 Å². The van der Waals surface area contributed by atoms with E-state index >= 15 is 0 Å². The van der Waals surface area contributed by atoms with Crippen LogP contribution in [0.25, 0.3) is 0 Å². The minimum absolute atomic E-state index is 0.0440. The molecule has 0 bridgehead atoms. The Kier molecular flexibility index (Phi) is 4.57. The SMILES string of the molecule is O=C(NCc1ccco1)N[C@H]1CCC[C@@H](C(F)(F)F)C1. The summed E-state index contributed by atoms with van der Waals surface area (Å²) in [6.45, 7) is 0.217. The Labute approximate surface area is 114 Å². The lowest BCUT2D eigenvalue weighted by molar-refractivity contribution is -0.183. The van der Waals surface area contributed by atoms with Crippen LogP contribution in [-0.4, -0.2) is 18.2 Å². The zero-order valence-electron chi connectivity index (χ0n) is 10.9. The first kappa shape index (κ1) is 14.7. The Morgan fingerprint density at radius 3 is 2.85 bits per heavy atom. The second-order valence-electron chi connectivity index (χ2n) is 5.01. The molecule has 20 heavy (non-hydrogen) atoms. The minimum atomic E-state index is -4.18. The van der Waals surface area contributed by atoms with Crippen LogP contribution in [0.15, 0.2) is 22.8 Å². The second kappa shape index (κ2) is 6.19. The van der Waals surface area contributed by atoms with E-state index in [2.05, 4.69) is 10.6 Å². The van der Waals surface area contributed by atoms with Gasteiger partial charge in [0.1, 0.15) is 5.76 Å². The number of rotatable bonds is 3. The van der Waals surface area contributed by atoms with Gasteiger partial charge < -0.3 is 15.1 Å². The van der Waals surface area contributed by atoms with Crippen LogP contribution in [0.4, 0.5) is 18.0 Å². The molecule has 1 saturated carbocycles. The second-order valence-corrected chi connectivity index (χ2v) is 5.01. The van der Waals surface area contributed by atoms with Crippen molar-refractivity contribution in [3.05, 3.63) is 24.2 Å². The third-order valence-corrected chi connectivity index (χ3v) is 3.48. The maximum absolute atomic E-state index is 12.6. The summed E-state index contributed by atoms with van der Waals surface area (Å²) < 4.78 is 43.0. The summed E-state index contributed by atoms with van der Waals surface area (Å²) >= 11 is 0. The number of halogens is 3. The molecule has 0 spiro atoms. The number of amides is 2. The largest absolute Gasteiger partial charge is 0.467 e. The van der Waals surface area contributed by atoms with Crippen molar-refractivity contribution in [1.29, 1.82) is 0 Å². The Morgan fingerprint density at radius 2 is 2.20 bits per heavy atom. The predicted octanol–water partition coefficient (Wildman–Crippen LogP) is 3.20. The van der Waals surface area contributed by atoms with Crippen LogP contribution < -0.4 is 10.6 Å². The highest BCUT2D eigenvalue weighted by atomic mass is 19.4. The monoisotopic (exact) mass is 290 g/mol. The fourth-order valence-corrected chi connectivity index (χ4v) is 2.44. The topological polar surface area (TPSA) is 54.3 Å². The summed E-state index contributed by atoms with van der Waals surface area (Å²) in [6.07, 6.45) is -1.52. The molecule has 1 fully saturated rings. The van der Waals surface area contributed by atoms with Crippen molar-refractivity contribution >= 4 is 6.03 Å². The average molecular weight is 290 g/mol. The van der Waals surface area contributed by atoms with Gasteiger partial charge in [0.05, 0.1) is 18.7 Å². The number of furan rings is 1. The number of nitrogens with one attached hydrogen (secondary N) is 2. The molecule has 0 aliphatic heterocycles. The van der Waals surface area contributed by atoms with E-state index < -0.39 is 24.2 Å². The van der Waals surface area contributed by atoms with Crippen LogP contribution in [-0.2, 0) is 6.54 Å². The van der Waals surface area contributed by atoms with Crippen LogP contribution >= 0.6 is 0 Å². The van der Waals surface area contributed by atoms with E-state index in [1.165, 1.54) is 6.26 Å². The summed E-state index contributed by atoms with van der Waals surface area (Å²) in [6, 6.07) is 2.52. The molecule has 2 N–H and O–H groups in total. The normalized spacial score (nSPS) is 23.4. The maximum atomic E-state index is 12.6. The quantitative estimate of drug-likeness (QED) is 0.898. The lowest BCUT2D eigenvalue weighted by Gasteiger charge is -2.30. The third-order valence-electron chi connectivity index (χ3n) is 3.48. The smallest absolute Gasteiger partial charge is 0.391 e. The summed E-state index contributed by atoms with van der Waals surface area (Å²) in [5, 5.41) is 5.15. The Balaban J connectivity index is 1.76. The lowest BCUT2D eigenvalue weighted by Crippen LogP contribution is -2.45. The molecule has 2 amide bonds. The zero-order chi connectivity index (χ0) is 14.6. The minimum Gasteiger partial charge on any atom is -0.467 e. The van der Waals surface area contributed by atoms with Crippen molar-refractivity contribution < 1.29 is 22.4 Å².